The Morgan fingerprint density at radius 2 is 2.30 bits per heavy atom. The number of likely N-dealkylation sites (tertiary alicyclic amines) is 1. The molecule has 1 aliphatic rings. The average Bonchev–Trinajstić information content (AvgIpc) is 2.83. The summed E-state index contributed by atoms with van der Waals surface area (Å²) < 4.78 is 0. The molecule has 1 aliphatic heterocycles. The van der Waals surface area contributed by atoms with Crippen molar-refractivity contribution in [3.05, 3.63) is 39.8 Å². The summed E-state index contributed by atoms with van der Waals surface area (Å²) >= 11 is 0. The number of nitrogens with zero attached hydrogens (tertiary/aromatic N) is 2. The minimum absolute atomic E-state index is 0.00810. The van der Waals surface area contributed by atoms with Crippen LogP contribution >= 0.6 is 0 Å². The van der Waals surface area contributed by atoms with Crippen LogP contribution in [-0.4, -0.2) is 28.0 Å². The van der Waals surface area contributed by atoms with Crippen molar-refractivity contribution in [3.8, 4) is 0 Å². The highest BCUT2D eigenvalue weighted by Gasteiger charge is 2.18. The summed E-state index contributed by atoms with van der Waals surface area (Å²) in [5.41, 5.74) is 3.70. The Morgan fingerprint density at radius 1 is 1.45 bits per heavy atom. The molecule has 106 valence electrons. The van der Waals surface area contributed by atoms with Crippen LogP contribution in [0.4, 0.5) is 0 Å². The first-order chi connectivity index (χ1) is 9.65. The Bertz CT molecular complexity index is 677. The fraction of sp³-hybridized carbons (Fsp3) is 0.500. The molecule has 1 atom stereocenters. The molecular formula is C16H21N3O. The topological polar surface area (TPSA) is 49.0 Å². The number of aromatic amines is 1. The highest BCUT2D eigenvalue weighted by Crippen LogP contribution is 2.19. The van der Waals surface area contributed by atoms with E-state index in [9.17, 15) is 4.79 Å². The molecule has 0 bridgehead atoms. The van der Waals surface area contributed by atoms with E-state index in [1.807, 2.05) is 19.2 Å². The van der Waals surface area contributed by atoms with Crippen molar-refractivity contribution >= 4 is 11.0 Å². The van der Waals surface area contributed by atoms with Crippen LogP contribution in [0.25, 0.3) is 11.0 Å². The van der Waals surface area contributed by atoms with Gasteiger partial charge in [-0.3, -0.25) is 14.7 Å². The lowest BCUT2D eigenvalue weighted by molar-refractivity contribution is 0.320. The number of pyridine rings is 2. The molecule has 0 amide bonds. The number of H-pyrrole nitrogens is 1. The standard InChI is InChI=1S/C16H21N3O/c1-3-13-7-14-15(18-16(13)20)6-12(8-17-14)10-19-5-4-11(2)9-19/h6-8,11H,3-5,9-10H2,1-2H3,(H,18,20)/t11-/m0/s1. The number of fused-ring (bicyclic) bond motifs is 1. The molecule has 1 saturated heterocycles. The third kappa shape index (κ3) is 2.61. The second-order valence-electron chi connectivity index (χ2n) is 5.88. The molecule has 0 radical (unpaired) electrons. The van der Waals surface area contributed by atoms with Crippen LogP contribution in [0.2, 0.25) is 0 Å². The number of aromatic nitrogens is 2. The molecule has 1 fully saturated rings. The number of rotatable bonds is 3. The van der Waals surface area contributed by atoms with Gasteiger partial charge in [0.1, 0.15) is 0 Å². The first kappa shape index (κ1) is 13.3. The predicted molar refractivity (Wildman–Crippen MR) is 80.8 cm³/mol. The molecule has 0 spiro atoms. The molecule has 0 aliphatic carbocycles. The Hall–Kier alpha value is -1.68. The summed E-state index contributed by atoms with van der Waals surface area (Å²) in [5.74, 6) is 0.787. The van der Waals surface area contributed by atoms with E-state index in [0.29, 0.717) is 0 Å². The summed E-state index contributed by atoms with van der Waals surface area (Å²) in [6.45, 7) is 7.51. The van der Waals surface area contributed by atoms with Gasteiger partial charge in [0.2, 0.25) is 0 Å². The molecule has 0 unspecified atom stereocenters. The Labute approximate surface area is 118 Å². The average molecular weight is 271 g/mol. The lowest BCUT2D eigenvalue weighted by Gasteiger charge is -2.15. The van der Waals surface area contributed by atoms with Crippen LogP contribution in [0.1, 0.15) is 31.4 Å². The van der Waals surface area contributed by atoms with Crippen molar-refractivity contribution in [1.29, 1.82) is 0 Å². The SMILES string of the molecule is CCc1cc2ncc(CN3CC[C@H](C)C3)cc2[nH]c1=O. The van der Waals surface area contributed by atoms with Gasteiger partial charge in [0.05, 0.1) is 11.0 Å². The van der Waals surface area contributed by atoms with E-state index in [1.165, 1.54) is 12.0 Å². The van der Waals surface area contributed by atoms with Gasteiger partial charge in [-0.2, -0.15) is 0 Å². The highest BCUT2D eigenvalue weighted by molar-refractivity contribution is 5.74. The van der Waals surface area contributed by atoms with Crippen LogP contribution < -0.4 is 5.56 Å². The van der Waals surface area contributed by atoms with Crippen LogP contribution in [0.3, 0.4) is 0 Å². The van der Waals surface area contributed by atoms with E-state index in [1.54, 1.807) is 0 Å². The molecule has 1 N–H and O–H groups in total. The van der Waals surface area contributed by atoms with Gasteiger partial charge in [0.15, 0.2) is 0 Å². The van der Waals surface area contributed by atoms with Gasteiger partial charge in [-0.1, -0.05) is 13.8 Å². The minimum Gasteiger partial charge on any atom is -0.320 e. The fourth-order valence-corrected chi connectivity index (χ4v) is 2.94. The van der Waals surface area contributed by atoms with Gasteiger partial charge in [0, 0.05) is 24.8 Å². The normalized spacial score (nSPS) is 19.8. The first-order valence-electron chi connectivity index (χ1n) is 7.39. The van der Waals surface area contributed by atoms with Gasteiger partial charge < -0.3 is 4.98 Å². The molecule has 2 aromatic rings. The van der Waals surface area contributed by atoms with Crippen molar-refractivity contribution < 1.29 is 0 Å². The Kier molecular flexibility index (Phi) is 3.57. The van der Waals surface area contributed by atoms with E-state index >= 15 is 0 Å². The van der Waals surface area contributed by atoms with Gasteiger partial charge in [-0.25, -0.2) is 0 Å². The molecule has 4 nitrogen and oxygen atoms in total. The zero-order chi connectivity index (χ0) is 14.1. The number of aryl methyl sites for hydroxylation is 1. The summed E-state index contributed by atoms with van der Waals surface area (Å²) in [6.07, 6.45) is 3.95. The third-order valence-electron chi connectivity index (χ3n) is 4.12. The van der Waals surface area contributed by atoms with Crippen LogP contribution in [0, 0.1) is 5.92 Å². The zero-order valence-electron chi connectivity index (χ0n) is 12.1. The van der Waals surface area contributed by atoms with E-state index in [2.05, 4.69) is 27.9 Å². The molecule has 0 saturated carbocycles. The lowest BCUT2D eigenvalue weighted by atomic mass is 10.1. The van der Waals surface area contributed by atoms with Gasteiger partial charge in [-0.05, 0) is 43.0 Å². The number of nitrogens with one attached hydrogen (secondary N) is 1. The molecule has 4 heteroatoms. The monoisotopic (exact) mass is 271 g/mol. The molecular weight excluding hydrogens is 250 g/mol. The lowest BCUT2D eigenvalue weighted by Crippen LogP contribution is -2.20. The van der Waals surface area contributed by atoms with Crippen LogP contribution in [0.5, 0.6) is 0 Å². The molecule has 2 aromatic heterocycles. The van der Waals surface area contributed by atoms with Crippen molar-refractivity contribution in [1.82, 2.24) is 14.9 Å². The quantitative estimate of drug-likeness (QED) is 0.932. The Balaban J connectivity index is 1.88. The van der Waals surface area contributed by atoms with E-state index in [0.717, 1.165) is 48.6 Å². The zero-order valence-corrected chi connectivity index (χ0v) is 12.1. The summed E-state index contributed by atoms with van der Waals surface area (Å²) in [6, 6.07) is 3.96. The molecule has 3 heterocycles. The minimum atomic E-state index is 0.00810. The maximum Gasteiger partial charge on any atom is 0.251 e. The van der Waals surface area contributed by atoms with E-state index < -0.39 is 0 Å². The van der Waals surface area contributed by atoms with Gasteiger partial charge >= 0.3 is 0 Å². The van der Waals surface area contributed by atoms with Gasteiger partial charge in [0.25, 0.3) is 5.56 Å². The maximum absolute atomic E-state index is 11.9. The fourth-order valence-electron chi connectivity index (χ4n) is 2.94. The summed E-state index contributed by atoms with van der Waals surface area (Å²) in [5, 5.41) is 0. The second-order valence-corrected chi connectivity index (χ2v) is 5.88. The van der Waals surface area contributed by atoms with E-state index in [4.69, 9.17) is 0 Å². The first-order valence-corrected chi connectivity index (χ1v) is 7.39. The largest absolute Gasteiger partial charge is 0.320 e. The van der Waals surface area contributed by atoms with Crippen molar-refractivity contribution in [2.24, 2.45) is 5.92 Å². The van der Waals surface area contributed by atoms with Crippen molar-refractivity contribution in [2.45, 2.75) is 33.2 Å². The second kappa shape index (κ2) is 5.37. The Morgan fingerprint density at radius 3 is 3.00 bits per heavy atom. The van der Waals surface area contributed by atoms with Crippen molar-refractivity contribution in [3.63, 3.8) is 0 Å². The molecule has 0 aromatic carbocycles. The molecule has 3 rings (SSSR count). The summed E-state index contributed by atoms with van der Waals surface area (Å²) in [7, 11) is 0. The highest BCUT2D eigenvalue weighted by atomic mass is 16.1. The van der Waals surface area contributed by atoms with Gasteiger partial charge in [-0.15, -0.1) is 0 Å². The van der Waals surface area contributed by atoms with Crippen LogP contribution in [-0.2, 0) is 13.0 Å². The van der Waals surface area contributed by atoms with E-state index in [-0.39, 0.29) is 5.56 Å². The van der Waals surface area contributed by atoms with Crippen molar-refractivity contribution in [2.75, 3.05) is 13.1 Å². The number of hydrogen-bond donors (Lipinski definition) is 1. The third-order valence-corrected chi connectivity index (χ3v) is 4.12. The van der Waals surface area contributed by atoms with Crippen LogP contribution in [0.15, 0.2) is 23.1 Å². The smallest absolute Gasteiger partial charge is 0.251 e. The summed E-state index contributed by atoms with van der Waals surface area (Å²) in [4.78, 5) is 21.8. The molecule has 20 heavy (non-hydrogen) atoms. The number of hydrogen-bond acceptors (Lipinski definition) is 3. The maximum atomic E-state index is 11.9. The predicted octanol–water partition coefficient (Wildman–Crippen LogP) is 2.33.